The summed E-state index contributed by atoms with van der Waals surface area (Å²) < 4.78 is 0. The van der Waals surface area contributed by atoms with Crippen LogP contribution in [0.1, 0.15) is 11.3 Å². The number of carbonyl (C=O) groups is 3. The molecule has 2 heterocycles. The lowest BCUT2D eigenvalue weighted by atomic mass is 10.2. The second-order valence-corrected chi connectivity index (χ2v) is 4.35. The third kappa shape index (κ3) is 2.17. The van der Waals surface area contributed by atoms with Gasteiger partial charge in [-0.1, -0.05) is 18.3 Å². The summed E-state index contributed by atoms with van der Waals surface area (Å²) in [6, 6.07) is 2.60. The average molecular weight is 278 g/mol. The Morgan fingerprint density at radius 3 is 2.58 bits per heavy atom. The maximum absolute atomic E-state index is 11.7. The number of pyridine rings is 1. The van der Waals surface area contributed by atoms with E-state index in [1.807, 2.05) is 0 Å². The van der Waals surface area contributed by atoms with E-state index >= 15 is 0 Å². The fraction of sp³-hybridized carbons (Fsp3) is 0.182. The van der Waals surface area contributed by atoms with Crippen molar-refractivity contribution in [2.45, 2.75) is 6.54 Å². The quantitative estimate of drug-likeness (QED) is 0.460. The van der Waals surface area contributed by atoms with Crippen LogP contribution in [-0.2, 0) is 16.1 Å². The van der Waals surface area contributed by atoms with E-state index in [2.05, 4.69) is 4.98 Å². The van der Waals surface area contributed by atoms with Crippen molar-refractivity contribution in [1.82, 2.24) is 14.8 Å². The van der Waals surface area contributed by atoms with E-state index in [1.54, 1.807) is 12.1 Å². The molecule has 98 valence electrons. The number of urea groups is 1. The highest BCUT2D eigenvalue weighted by Crippen LogP contribution is 2.16. The summed E-state index contributed by atoms with van der Waals surface area (Å²) >= 11 is 4.85. The van der Waals surface area contributed by atoms with Gasteiger partial charge in [-0.2, -0.15) is 0 Å². The predicted octanol–water partition coefficient (Wildman–Crippen LogP) is -0.364. The first-order valence-electron chi connectivity index (χ1n) is 5.30. The standard InChI is InChI=1S/C11H10N4O3S/c1-14-9(16)10(17)15(11(14)18)5-6-3-2-4-13-7(6)8(12)19/h2-4H,5H2,1H3,(H2,12,19). The number of hydrogen-bond acceptors (Lipinski definition) is 5. The van der Waals surface area contributed by atoms with Crippen LogP contribution in [0.5, 0.6) is 0 Å². The van der Waals surface area contributed by atoms with E-state index in [-0.39, 0.29) is 11.5 Å². The minimum atomic E-state index is -0.870. The first-order chi connectivity index (χ1) is 8.93. The van der Waals surface area contributed by atoms with Crippen LogP contribution < -0.4 is 5.73 Å². The number of likely N-dealkylation sites (N-methyl/N-ethyl adjacent to an activating group) is 1. The molecule has 4 amide bonds. The number of thiocarbonyl (C=S) groups is 1. The first kappa shape index (κ1) is 13.1. The molecular formula is C11H10N4O3S. The summed E-state index contributed by atoms with van der Waals surface area (Å²) in [7, 11) is 1.25. The van der Waals surface area contributed by atoms with E-state index in [0.29, 0.717) is 11.3 Å². The molecule has 2 N–H and O–H groups in total. The van der Waals surface area contributed by atoms with Crippen LogP contribution in [0.15, 0.2) is 18.3 Å². The van der Waals surface area contributed by atoms with E-state index < -0.39 is 17.8 Å². The molecule has 0 bridgehead atoms. The van der Waals surface area contributed by atoms with E-state index in [1.165, 1.54) is 13.2 Å². The largest absolute Gasteiger partial charge is 0.388 e. The Morgan fingerprint density at radius 1 is 1.37 bits per heavy atom. The van der Waals surface area contributed by atoms with Gasteiger partial charge < -0.3 is 5.73 Å². The number of hydrogen-bond donors (Lipinski definition) is 1. The van der Waals surface area contributed by atoms with Crippen molar-refractivity contribution in [2.75, 3.05) is 7.05 Å². The van der Waals surface area contributed by atoms with Crippen molar-refractivity contribution in [3.05, 3.63) is 29.6 Å². The Morgan fingerprint density at radius 2 is 2.05 bits per heavy atom. The fourth-order valence-corrected chi connectivity index (χ4v) is 1.90. The second kappa shape index (κ2) is 4.73. The van der Waals surface area contributed by atoms with Crippen molar-refractivity contribution < 1.29 is 14.4 Å². The summed E-state index contributed by atoms with van der Waals surface area (Å²) in [6.07, 6.45) is 1.50. The van der Waals surface area contributed by atoms with Crippen molar-refractivity contribution in [2.24, 2.45) is 5.73 Å². The molecule has 8 heteroatoms. The second-order valence-electron chi connectivity index (χ2n) is 3.91. The molecule has 0 atom stereocenters. The normalized spacial score (nSPS) is 15.3. The molecule has 1 aliphatic heterocycles. The molecule has 0 aliphatic carbocycles. The fourth-order valence-electron chi connectivity index (χ4n) is 1.71. The molecule has 19 heavy (non-hydrogen) atoms. The van der Waals surface area contributed by atoms with Gasteiger partial charge in [0.1, 0.15) is 10.7 Å². The van der Waals surface area contributed by atoms with Gasteiger partial charge in [-0.3, -0.25) is 24.4 Å². The van der Waals surface area contributed by atoms with Gasteiger partial charge in [0.2, 0.25) is 0 Å². The molecule has 0 radical (unpaired) electrons. The highest BCUT2D eigenvalue weighted by Gasteiger charge is 2.42. The Balaban J connectivity index is 2.32. The zero-order valence-corrected chi connectivity index (χ0v) is 10.8. The molecule has 0 spiro atoms. The predicted molar refractivity (Wildman–Crippen MR) is 68.8 cm³/mol. The number of aromatic nitrogens is 1. The molecule has 1 aliphatic rings. The van der Waals surface area contributed by atoms with E-state index in [0.717, 1.165) is 9.80 Å². The number of nitrogens with two attached hydrogens (primary N) is 1. The van der Waals surface area contributed by atoms with Gasteiger partial charge >= 0.3 is 17.8 Å². The van der Waals surface area contributed by atoms with Crippen LogP contribution in [0, 0.1) is 0 Å². The summed E-state index contributed by atoms with van der Waals surface area (Å²) in [4.78, 5) is 40.4. The zero-order chi connectivity index (χ0) is 14.2. The third-order valence-electron chi connectivity index (χ3n) is 2.70. The molecule has 1 fully saturated rings. The zero-order valence-electron chi connectivity index (χ0n) is 9.99. The van der Waals surface area contributed by atoms with Crippen molar-refractivity contribution in [1.29, 1.82) is 0 Å². The minimum Gasteiger partial charge on any atom is -0.388 e. The summed E-state index contributed by atoms with van der Waals surface area (Å²) in [5, 5.41) is 0. The smallest absolute Gasteiger partial charge is 0.334 e. The summed E-state index contributed by atoms with van der Waals surface area (Å²) in [6.45, 7) is -0.0890. The third-order valence-corrected chi connectivity index (χ3v) is 2.90. The Labute approximate surface area is 114 Å². The number of imide groups is 2. The maximum atomic E-state index is 11.7. The molecule has 0 aromatic carbocycles. The number of carbonyl (C=O) groups excluding carboxylic acids is 3. The summed E-state index contributed by atoms with van der Waals surface area (Å²) in [5.41, 5.74) is 6.36. The van der Waals surface area contributed by atoms with Crippen LogP contribution in [0.2, 0.25) is 0 Å². The van der Waals surface area contributed by atoms with Crippen LogP contribution in [-0.4, -0.2) is 44.7 Å². The van der Waals surface area contributed by atoms with Gasteiger partial charge in [0.05, 0.1) is 6.54 Å². The summed E-state index contributed by atoms with van der Waals surface area (Å²) in [5.74, 6) is -1.73. The van der Waals surface area contributed by atoms with Gasteiger partial charge in [0, 0.05) is 18.8 Å². The van der Waals surface area contributed by atoms with E-state index in [9.17, 15) is 14.4 Å². The van der Waals surface area contributed by atoms with Crippen LogP contribution in [0.4, 0.5) is 4.79 Å². The van der Waals surface area contributed by atoms with Crippen LogP contribution >= 0.6 is 12.2 Å². The maximum Gasteiger partial charge on any atom is 0.334 e. The van der Waals surface area contributed by atoms with Crippen LogP contribution in [0.3, 0.4) is 0 Å². The Kier molecular flexibility index (Phi) is 3.26. The molecule has 7 nitrogen and oxygen atoms in total. The SMILES string of the molecule is CN1C(=O)C(=O)N(Cc2cccnc2C(N)=S)C1=O. The lowest BCUT2D eigenvalue weighted by Gasteiger charge is -2.14. The Bertz CT molecular complexity index is 601. The molecular weight excluding hydrogens is 268 g/mol. The monoisotopic (exact) mass is 278 g/mol. The van der Waals surface area contributed by atoms with Gasteiger partial charge in [-0.15, -0.1) is 0 Å². The molecule has 1 aromatic heterocycles. The van der Waals surface area contributed by atoms with Crippen molar-refractivity contribution in [3.63, 3.8) is 0 Å². The van der Waals surface area contributed by atoms with E-state index in [4.69, 9.17) is 18.0 Å². The molecule has 1 aromatic rings. The number of rotatable bonds is 3. The molecule has 1 saturated heterocycles. The van der Waals surface area contributed by atoms with Gasteiger partial charge in [-0.25, -0.2) is 4.79 Å². The highest BCUT2D eigenvalue weighted by molar-refractivity contribution is 7.80. The van der Waals surface area contributed by atoms with Gasteiger partial charge in [0.15, 0.2) is 0 Å². The number of nitrogens with zero attached hydrogens (tertiary/aromatic N) is 3. The lowest BCUT2D eigenvalue weighted by molar-refractivity contribution is -0.143. The first-order valence-corrected chi connectivity index (χ1v) is 5.71. The van der Waals surface area contributed by atoms with Gasteiger partial charge in [-0.05, 0) is 6.07 Å². The minimum absolute atomic E-state index is 0.0642. The lowest BCUT2D eigenvalue weighted by Crippen LogP contribution is -2.32. The van der Waals surface area contributed by atoms with Crippen LogP contribution in [0.25, 0.3) is 0 Å². The molecule has 2 rings (SSSR count). The van der Waals surface area contributed by atoms with Gasteiger partial charge in [0.25, 0.3) is 0 Å². The topological polar surface area (TPSA) is 96.6 Å². The average Bonchev–Trinajstić information content (AvgIpc) is 2.57. The molecule has 0 saturated carbocycles. The molecule has 0 unspecified atom stereocenters. The van der Waals surface area contributed by atoms with Crippen molar-refractivity contribution >= 4 is 35.1 Å². The highest BCUT2D eigenvalue weighted by atomic mass is 32.1. The Hall–Kier alpha value is -2.35. The van der Waals surface area contributed by atoms with Crippen molar-refractivity contribution in [3.8, 4) is 0 Å². The number of amides is 4.